The summed E-state index contributed by atoms with van der Waals surface area (Å²) in [5.74, 6) is -1.07. The standard InChI is InChI=1S/C12H14N2O6/c1-20-10-4-2-3-8(11(10)14(18)19)13-6-7(15)5-9(13)12(16)17/h2-4,7,9,15H,5-6H2,1H3,(H,16,17). The first-order valence-electron chi connectivity index (χ1n) is 5.94. The van der Waals surface area contributed by atoms with E-state index < -0.39 is 23.0 Å². The number of aliphatic carboxylic acids is 1. The monoisotopic (exact) mass is 282 g/mol. The molecule has 2 atom stereocenters. The van der Waals surface area contributed by atoms with E-state index in [1.165, 1.54) is 24.1 Å². The number of ether oxygens (including phenoxy) is 1. The molecule has 0 radical (unpaired) electrons. The fourth-order valence-corrected chi connectivity index (χ4v) is 2.40. The van der Waals surface area contributed by atoms with Crippen LogP contribution in [0, 0.1) is 10.1 Å². The van der Waals surface area contributed by atoms with Crippen molar-refractivity contribution >= 4 is 17.3 Å². The number of nitro benzene ring substituents is 1. The molecule has 0 bridgehead atoms. The van der Waals surface area contributed by atoms with E-state index in [0.717, 1.165) is 0 Å². The topological polar surface area (TPSA) is 113 Å². The zero-order chi connectivity index (χ0) is 14.9. The van der Waals surface area contributed by atoms with Gasteiger partial charge in [-0.15, -0.1) is 0 Å². The van der Waals surface area contributed by atoms with Crippen LogP contribution >= 0.6 is 0 Å². The highest BCUT2D eigenvalue weighted by atomic mass is 16.6. The number of carboxylic acid groups (broad SMARTS) is 1. The maximum Gasteiger partial charge on any atom is 0.333 e. The number of nitrogens with zero attached hydrogens (tertiary/aromatic N) is 2. The van der Waals surface area contributed by atoms with Gasteiger partial charge in [-0.2, -0.15) is 0 Å². The molecule has 1 aromatic rings. The number of nitro groups is 1. The largest absolute Gasteiger partial charge is 0.490 e. The number of aliphatic hydroxyl groups is 1. The molecular weight excluding hydrogens is 268 g/mol. The van der Waals surface area contributed by atoms with Gasteiger partial charge in [-0.25, -0.2) is 4.79 Å². The Balaban J connectivity index is 2.51. The summed E-state index contributed by atoms with van der Waals surface area (Å²) in [6, 6.07) is 3.44. The van der Waals surface area contributed by atoms with E-state index in [9.17, 15) is 20.0 Å². The Morgan fingerprint density at radius 3 is 2.80 bits per heavy atom. The molecule has 1 heterocycles. The van der Waals surface area contributed by atoms with Crippen molar-refractivity contribution in [2.24, 2.45) is 0 Å². The van der Waals surface area contributed by atoms with Crippen LogP contribution in [-0.2, 0) is 4.79 Å². The van der Waals surface area contributed by atoms with Crippen molar-refractivity contribution in [3.05, 3.63) is 28.3 Å². The van der Waals surface area contributed by atoms with Gasteiger partial charge >= 0.3 is 11.7 Å². The van der Waals surface area contributed by atoms with Crippen molar-refractivity contribution in [1.82, 2.24) is 0 Å². The molecule has 1 fully saturated rings. The van der Waals surface area contributed by atoms with E-state index >= 15 is 0 Å². The number of carboxylic acids is 1. The lowest BCUT2D eigenvalue weighted by molar-refractivity contribution is -0.385. The first-order chi connectivity index (χ1) is 9.45. The number of rotatable bonds is 4. The molecule has 0 aliphatic carbocycles. The summed E-state index contributed by atoms with van der Waals surface area (Å²) in [5, 5.41) is 30.0. The average Bonchev–Trinajstić information content (AvgIpc) is 2.79. The second-order valence-electron chi connectivity index (χ2n) is 4.48. The second-order valence-corrected chi connectivity index (χ2v) is 4.48. The highest BCUT2D eigenvalue weighted by Crippen LogP contribution is 2.39. The van der Waals surface area contributed by atoms with Crippen LogP contribution in [0.25, 0.3) is 0 Å². The summed E-state index contributed by atoms with van der Waals surface area (Å²) in [6.45, 7) is 0.0327. The van der Waals surface area contributed by atoms with Gasteiger partial charge in [-0.3, -0.25) is 10.1 Å². The molecule has 20 heavy (non-hydrogen) atoms. The fourth-order valence-electron chi connectivity index (χ4n) is 2.40. The van der Waals surface area contributed by atoms with Gasteiger partial charge in [0.1, 0.15) is 11.7 Å². The minimum Gasteiger partial charge on any atom is -0.490 e. The van der Waals surface area contributed by atoms with E-state index in [0.29, 0.717) is 0 Å². The molecule has 108 valence electrons. The first-order valence-corrected chi connectivity index (χ1v) is 5.94. The Morgan fingerprint density at radius 2 is 2.25 bits per heavy atom. The molecule has 2 rings (SSSR count). The van der Waals surface area contributed by atoms with Crippen LogP contribution in [0.2, 0.25) is 0 Å². The third-order valence-electron chi connectivity index (χ3n) is 3.25. The van der Waals surface area contributed by atoms with Crippen molar-refractivity contribution in [2.45, 2.75) is 18.6 Å². The number of para-hydroxylation sites is 1. The van der Waals surface area contributed by atoms with Crippen molar-refractivity contribution in [3.8, 4) is 5.75 Å². The predicted molar refractivity (Wildman–Crippen MR) is 69.0 cm³/mol. The Labute approximate surface area is 114 Å². The molecule has 2 N–H and O–H groups in total. The molecule has 0 amide bonds. The first kappa shape index (κ1) is 14.1. The third kappa shape index (κ3) is 2.37. The van der Waals surface area contributed by atoms with Crippen LogP contribution in [0.5, 0.6) is 5.75 Å². The zero-order valence-electron chi connectivity index (χ0n) is 10.7. The van der Waals surface area contributed by atoms with Gasteiger partial charge in [0, 0.05) is 13.0 Å². The van der Waals surface area contributed by atoms with Gasteiger partial charge in [0.15, 0.2) is 5.75 Å². The number of methoxy groups -OCH3 is 1. The predicted octanol–water partition coefficient (Wildman–Crippen LogP) is 0.628. The number of aliphatic hydroxyl groups excluding tert-OH is 1. The Kier molecular flexibility index (Phi) is 3.75. The van der Waals surface area contributed by atoms with Crippen LogP contribution in [0.3, 0.4) is 0 Å². The molecule has 8 heteroatoms. The number of carbonyl (C=O) groups is 1. The highest BCUT2D eigenvalue weighted by molar-refractivity contribution is 5.82. The van der Waals surface area contributed by atoms with Crippen LogP contribution < -0.4 is 9.64 Å². The second kappa shape index (κ2) is 5.33. The summed E-state index contributed by atoms with van der Waals surface area (Å²) >= 11 is 0. The van der Waals surface area contributed by atoms with Gasteiger partial charge in [0.2, 0.25) is 0 Å². The third-order valence-corrected chi connectivity index (χ3v) is 3.25. The molecule has 1 aliphatic rings. The maximum absolute atomic E-state index is 11.2. The molecule has 0 spiro atoms. The molecule has 8 nitrogen and oxygen atoms in total. The molecular formula is C12H14N2O6. The van der Waals surface area contributed by atoms with E-state index in [1.807, 2.05) is 0 Å². The Hall–Kier alpha value is -2.35. The Morgan fingerprint density at radius 1 is 1.55 bits per heavy atom. The summed E-state index contributed by atoms with van der Waals surface area (Å²) in [7, 11) is 1.31. The van der Waals surface area contributed by atoms with E-state index in [2.05, 4.69) is 0 Å². The van der Waals surface area contributed by atoms with Crippen LogP contribution in [-0.4, -0.2) is 46.9 Å². The number of benzene rings is 1. The maximum atomic E-state index is 11.2. The molecule has 0 saturated carbocycles. The normalized spacial score (nSPS) is 21.8. The molecule has 0 aromatic heterocycles. The van der Waals surface area contributed by atoms with E-state index in [-0.39, 0.29) is 30.1 Å². The van der Waals surface area contributed by atoms with Gasteiger partial charge in [0.05, 0.1) is 18.1 Å². The molecule has 1 saturated heterocycles. The van der Waals surface area contributed by atoms with Crippen molar-refractivity contribution < 1.29 is 24.7 Å². The number of β-amino-alcohol motifs (C(OH)–C–C–N with tert-alkyl or cyclic N) is 1. The summed E-state index contributed by atoms with van der Waals surface area (Å²) in [6.07, 6.45) is -0.800. The van der Waals surface area contributed by atoms with Crippen LogP contribution in [0.1, 0.15) is 6.42 Å². The van der Waals surface area contributed by atoms with Gasteiger partial charge in [-0.1, -0.05) is 6.07 Å². The van der Waals surface area contributed by atoms with Crippen molar-refractivity contribution in [3.63, 3.8) is 0 Å². The highest BCUT2D eigenvalue weighted by Gasteiger charge is 2.39. The van der Waals surface area contributed by atoms with E-state index in [4.69, 9.17) is 9.84 Å². The Bertz CT molecular complexity index is 547. The lowest BCUT2D eigenvalue weighted by atomic mass is 10.2. The zero-order valence-corrected chi connectivity index (χ0v) is 10.7. The summed E-state index contributed by atoms with van der Waals surface area (Å²) < 4.78 is 4.95. The van der Waals surface area contributed by atoms with Crippen molar-refractivity contribution in [1.29, 1.82) is 0 Å². The minimum absolute atomic E-state index is 0.0314. The lowest BCUT2D eigenvalue weighted by Crippen LogP contribution is -2.36. The number of hydrogen-bond donors (Lipinski definition) is 2. The SMILES string of the molecule is COc1cccc(N2CC(O)CC2C(=O)O)c1[N+](=O)[O-]. The fraction of sp³-hybridized carbons (Fsp3) is 0.417. The van der Waals surface area contributed by atoms with Crippen molar-refractivity contribution in [2.75, 3.05) is 18.6 Å². The minimum atomic E-state index is -1.13. The summed E-state index contributed by atoms with van der Waals surface area (Å²) in [4.78, 5) is 23.1. The number of hydrogen-bond acceptors (Lipinski definition) is 6. The molecule has 1 aliphatic heterocycles. The average molecular weight is 282 g/mol. The quantitative estimate of drug-likeness (QED) is 0.615. The van der Waals surface area contributed by atoms with Gasteiger partial charge in [-0.05, 0) is 12.1 Å². The van der Waals surface area contributed by atoms with E-state index in [1.54, 1.807) is 6.07 Å². The number of anilines is 1. The lowest BCUT2D eigenvalue weighted by Gasteiger charge is -2.23. The smallest absolute Gasteiger partial charge is 0.333 e. The van der Waals surface area contributed by atoms with Crippen LogP contribution in [0.4, 0.5) is 11.4 Å². The van der Waals surface area contributed by atoms with Gasteiger partial charge in [0.25, 0.3) is 0 Å². The molecule has 2 unspecified atom stereocenters. The van der Waals surface area contributed by atoms with Gasteiger partial charge < -0.3 is 19.8 Å². The molecule has 1 aromatic carbocycles. The van der Waals surface area contributed by atoms with Crippen LogP contribution in [0.15, 0.2) is 18.2 Å². The summed E-state index contributed by atoms with van der Waals surface area (Å²) in [5.41, 5.74) is -0.159.